The third kappa shape index (κ3) is 3.10. The van der Waals surface area contributed by atoms with Gasteiger partial charge in [-0.15, -0.1) is 0 Å². The molecule has 2 rings (SSSR count). The monoisotopic (exact) mass is 275 g/mol. The zero-order valence-electron chi connectivity index (χ0n) is 10.8. The fourth-order valence-corrected chi connectivity index (χ4v) is 1.76. The SMILES string of the molecule is CC(Nc1ncc(C(=O)NO)cc1F)c1ccccc1. The number of rotatable bonds is 4. The average Bonchev–Trinajstić information content (AvgIpc) is 2.49. The van der Waals surface area contributed by atoms with E-state index in [1.54, 1.807) is 0 Å². The molecule has 1 amide bonds. The van der Waals surface area contributed by atoms with Crippen molar-refractivity contribution in [2.45, 2.75) is 13.0 Å². The Kier molecular flexibility index (Phi) is 4.27. The lowest BCUT2D eigenvalue weighted by Crippen LogP contribution is -2.19. The molecule has 0 aliphatic heterocycles. The number of benzene rings is 1. The number of carbonyl (C=O) groups excluding carboxylic acids is 1. The number of hydrogen-bond donors (Lipinski definition) is 3. The largest absolute Gasteiger partial charge is 0.361 e. The van der Waals surface area contributed by atoms with Crippen LogP contribution in [0.25, 0.3) is 0 Å². The summed E-state index contributed by atoms with van der Waals surface area (Å²) in [4.78, 5) is 15.0. The molecule has 104 valence electrons. The Morgan fingerprint density at radius 1 is 1.35 bits per heavy atom. The van der Waals surface area contributed by atoms with Crippen LogP contribution in [0.5, 0.6) is 0 Å². The number of amides is 1. The van der Waals surface area contributed by atoms with Crippen molar-refractivity contribution in [3.8, 4) is 0 Å². The maximum Gasteiger partial charge on any atom is 0.276 e. The van der Waals surface area contributed by atoms with Crippen LogP contribution in [0.2, 0.25) is 0 Å². The van der Waals surface area contributed by atoms with Crippen molar-refractivity contribution in [2.24, 2.45) is 0 Å². The second-order valence-electron chi connectivity index (χ2n) is 4.27. The van der Waals surface area contributed by atoms with E-state index in [0.29, 0.717) is 0 Å². The van der Waals surface area contributed by atoms with Crippen LogP contribution in [0, 0.1) is 5.82 Å². The highest BCUT2D eigenvalue weighted by Crippen LogP contribution is 2.20. The summed E-state index contributed by atoms with van der Waals surface area (Å²) in [6.45, 7) is 1.88. The van der Waals surface area contributed by atoms with Crippen LogP contribution in [-0.2, 0) is 0 Å². The number of carbonyl (C=O) groups is 1. The van der Waals surface area contributed by atoms with Gasteiger partial charge in [-0.25, -0.2) is 14.9 Å². The third-order valence-electron chi connectivity index (χ3n) is 2.86. The summed E-state index contributed by atoms with van der Waals surface area (Å²) in [7, 11) is 0. The molecule has 0 spiro atoms. The normalized spacial score (nSPS) is 11.8. The van der Waals surface area contributed by atoms with Crippen LogP contribution in [0.3, 0.4) is 0 Å². The number of pyridine rings is 1. The van der Waals surface area contributed by atoms with E-state index in [0.717, 1.165) is 11.6 Å². The number of nitrogens with one attached hydrogen (secondary N) is 2. The maximum atomic E-state index is 13.8. The van der Waals surface area contributed by atoms with E-state index >= 15 is 0 Å². The Labute approximate surface area is 115 Å². The first kappa shape index (κ1) is 14.0. The third-order valence-corrected chi connectivity index (χ3v) is 2.86. The van der Waals surface area contributed by atoms with Gasteiger partial charge in [0, 0.05) is 6.20 Å². The van der Waals surface area contributed by atoms with Gasteiger partial charge in [-0.3, -0.25) is 10.0 Å². The van der Waals surface area contributed by atoms with Crippen molar-refractivity contribution in [3.63, 3.8) is 0 Å². The number of hydrogen-bond acceptors (Lipinski definition) is 4. The van der Waals surface area contributed by atoms with Gasteiger partial charge in [0.2, 0.25) is 0 Å². The van der Waals surface area contributed by atoms with Crippen molar-refractivity contribution in [3.05, 3.63) is 59.5 Å². The minimum absolute atomic E-state index is 0.0517. The lowest BCUT2D eigenvalue weighted by Gasteiger charge is -2.15. The van der Waals surface area contributed by atoms with E-state index in [-0.39, 0.29) is 17.4 Å². The first-order valence-corrected chi connectivity index (χ1v) is 6.03. The quantitative estimate of drug-likeness (QED) is 0.592. The zero-order chi connectivity index (χ0) is 14.5. The predicted molar refractivity (Wildman–Crippen MR) is 71.9 cm³/mol. The average molecular weight is 275 g/mol. The molecule has 5 nitrogen and oxygen atoms in total. The molecule has 0 saturated carbocycles. The summed E-state index contributed by atoms with van der Waals surface area (Å²) in [5.41, 5.74) is 2.37. The molecule has 0 bridgehead atoms. The van der Waals surface area contributed by atoms with E-state index < -0.39 is 11.7 Å². The molecule has 2 aromatic rings. The van der Waals surface area contributed by atoms with Gasteiger partial charge in [0.1, 0.15) is 0 Å². The van der Waals surface area contributed by atoms with Crippen LogP contribution in [0.15, 0.2) is 42.6 Å². The number of hydroxylamine groups is 1. The fourth-order valence-electron chi connectivity index (χ4n) is 1.76. The Morgan fingerprint density at radius 3 is 2.65 bits per heavy atom. The molecule has 20 heavy (non-hydrogen) atoms. The molecule has 1 unspecified atom stereocenters. The summed E-state index contributed by atoms with van der Waals surface area (Å²) in [6.07, 6.45) is 1.19. The van der Waals surface area contributed by atoms with Gasteiger partial charge in [0.05, 0.1) is 11.6 Å². The van der Waals surface area contributed by atoms with E-state index in [1.807, 2.05) is 37.3 Å². The highest BCUT2D eigenvalue weighted by molar-refractivity contribution is 5.93. The van der Waals surface area contributed by atoms with E-state index in [9.17, 15) is 9.18 Å². The van der Waals surface area contributed by atoms with Crippen molar-refractivity contribution < 1.29 is 14.4 Å². The molecule has 6 heteroatoms. The molecule has 0 fully saturated rings. The summed E-state index contributed by atoms with van der Waals surface area (Å²) in [6, 6.07) is 10.4. The lowest BCUT2D eigenvalue weighted by atomic mass is 10.1. The first-order valence-electron chi connectivity index (χ1n) is 6.03. The van der Waals surface area contributed by atoms with Gasteiger partial charge in [0.15, 0.2) is 11.6 Å². The van der Waals surface area contributed by atoms with Crippen LogP contribution in [-0.4, -0.2) is 16.1 Å². The van der Waals surface area contributed by atoms with Gasteiger partial charge in [-0.1, -0.05) is 30.3 Å². The number of aromatic nitrogens is 1. The van der Waals surface area contributed by atoms with Crippen molar-refractivity contribution in [1.82, 2.24) is 10.5 Å². The fraction of sp³-hybridized carbons (Fsp3) is 0.143. The smallest absolute Gasteiger partial charge is 0.276 e. The predicted octanol–water partition coefficient (Wildman–Crippen LogP) is 2.51. The second-order valence-corrected chi connectivity index (χ2v) is 4.27. The van der Waals surface area contributed by atoms with E-state index in [2.05, 4.69) is 10.3 Å². The molecule has 1 heterocycles. The number of halogens is 1. The Hall–Kier alpha value is -2.47. The molecule has 3 N–H and O–H groups in total. The van der Waals surface area contributed by atoms with Crippen molar-refractivity contribution in [2.75, 3.05) is 5.32 Å². The summed E-state index contributed by atoms with van der Waals surface area (Å²) < 4.78 is 13.8. The van der Waals surface area contributed by atoms with Crippen molar-refractivity contribution >= 4 is 11.7 Å². The lowest BCUT2D eigenvalue weighted by molar-refractivity contribution is 0.0705. The molecule has 0 aliphatic rings. The molecule has 1 atom stereocenters. The maximum absolute atomic E-state index is 13.8. The van der Waals surface area contributed by atoms with E-state index in [1.165, 1.54) is 11.7 Å². The van der Waals surface area contributed by atoms with E-state index in [4.69, 9.17) is 5.21 Å². The zero-order valence-corrected chi connectivity index (χ0v) is 10.8. The summed E-state index contributed by atoms with van der Waals surface area (Å²) >= 11 is 0. The van der Waals surface area contributed by atoms with Crippen LogP contribution in [0.1, 0.15) is 28.9 Å². The molecule has 1 aromatic heterocycles. The highest BCUT2D eigenvalue weighted by atomic mass is 19.1. The minimum Gasteiger partial charge on any atom is -0.361 e. The Balaban J connectivity index is 2.16. The first-order chi connectivity index (χ1) is 9.61. The second kappa shape index (κ2) is 6.12. The summed E-state index contributed by atoms with van der Waals surface area (Å²) in [5.74, 6) is -1.41. The van der Waals surface area contributed by atoms with Crippen LogP contribution >= 0.6 is 0 Å². The highest BCUT2D eigenvalue weighted by Gasteiger charge is 2.12. The molecule has 1 aromatic carbocycles. The molecule has 0 aliphatic carbocycles. The van der Waals surface area contributed by atoms with Gasteiger partial charge >= 0.3 is 0 Å². The van der Waals surface area contributed by atoms with Crippen LogP contribution in [0.4, 0.5) is 10.2 Å². The molecular formula is C14H14FN3O2. The van der Waals surface area contributed by atoms with Gasteiger partial charge in [0.25, 0.3) is 5.91 Å². The molecular weight excluding hydrogens is 261 g/mol. The summed E-state index contributed by atoms with van der Waals surface area (Å²) in [5, 5.41) is 11.4. The number of nitrogens with zero attached hydrogens (tertiary/aromatic N) is 1. The topological polar surface area (TPSA) is 74.2 Å². The number of anilines is 1. The Bertz CT molecular complexity index is 605. The van der Waals surface area contributed by atoms with Crippen molar-refractivity contribution in [1.29, 1.82) is 0 Å². The molecule has 0 radical (unpaired) electrons. The van der Waals surface area contributed by atoms with Crippen LogP contribution < -0.4 is 10.8 Å². The van der Waals surface area contributed by atoms with Gasteiger partial charge < -0.3 is 5.32 Å². The minimum atomic E-state index is -0.806. The molecule has 0 saturated heterocycles. The van der Waals surface area contributed by atoms with Gasteiger partial charge in [-0.05, 0) is 18.6 Å². The Morgan fingerprint density at radius 2 is 2.05 bits per heavy atom. The standard InChI is InChI=1S/C14H14FN3O2/c1-9(10-5-3-2-4-6-10)17-13-12(15)7-11(8-16-13)14(19)18-20/h2-9,20H,1H3,(H,16,17)(H,18,19). The van der Waals surface area contributed by atoms with Gasteiger partial charge in [-0.2, -0.15) is 0 Å².